The van der Waals surface area contributed by atoms with E-state index >= 15 is 0 Å². The molecule has 0 spiro atoms. The standard InChI is InChI=1S/C14H20N2O/c15-10-12-8-4-5-9-13(12)16-14(17)11-6-2-1-3-7-11/h1-3,6-7,12-13H,4-5,8-10,15H2,(H,16,17)/t12-,13-/m0/s1. The van der Waals surface area contributed by atoms with Gasteiger partial charge in [0.15, 0.2) is 0 Å². The second-order valence-electron chi connectivity index (χ2n) is 4.73. The van der Waals surface area contributed by atoms with Gasteiger partial charge in [0, 0.05) is 11.6 Å². The van der Waals surface area contributed by atoms with Crippen LogP contribution in [0.25, 0.3) is 0 Å². The van der Waals surface area contributed by atoms with Crippen molar-refractivity contribution in [2.75, 3.05) is 6.54 Å². The first-order chi connectivity index (χ1) is 8.31. The van der Waals surface area contributed by atoms with Crippen LogP contribution in [0.1, 0.15) is 36.0 Å². The summed E-state index contributed by atoms with van der Waals surface area (Å²) in [6.07, 6.45) is 4.62. The minimum atomic E-state index is 0.0240. The molecule has 2 atom stereocenters. The molecule has 92 valence electrons. The molecule has 17 heavy (non-hydrogen) atoms. The Kier molecular flexibility index (Phi) is 4.15. The lowest BCUT2D eigenvalue weighted by Crippen LogP contribution is -2.44. The Hall–Kier alpha value is -1.35. The highest BCUT2D eigenvalue weighted by atomic mass is 16.1. The van der Waals surface area contributed by atoms with Crippen LogP contribution in [0.4, 0.5) is 0 Å². The van der Waals surface area contributed by atoms with Crippen molar-refractivity contribution < 1.29 is 4.79 Å². The van der Waals surface area contributed by atoms with Gasteiger partial charge in [-0.3, -0.25) is 4.79 Å². The first kappa shape index (κ1) is 12.1. The molecule has 1 aromatic carbocycles. The van der Waals surface area contributed by atoms with Crippen LogP contribution in [-0.4, -0.2) is 18.5 Å². The SMILES string of the molecule is NC[C@@H]1CCCC[C@@H]1NC(=O)c1ccccc1. The van der Waals surface area contributed by atoms with Crippen molar-refractivity contribution in [1.29, 1.82) is 0 Å². The number of carbonyl (C=O) groups excluding carboxylic acids is 1. The molecular formula is C14H20N2O. The smallest absolute Gasteiger partial charge is 0.251 e. The molecule has 1 aliphatic carbocycles. The first-order valence-corrected chi connectivity index (χ1v) is 6.37. The summed E-state index contributed by atoms with van der Waals surface area (Å²) in [5, 5.41) is 3.12. The number of rotatable bonds is 3. The second kappa shape index (κ2) is 5.82. The van der Waals surface area contributed by atoms with Crippen molar-refractivity contribution in [1.82, 2.24) is 5.32 Å². The molecule has 1 fully saturated rings. The molecule has 0 bridgehead atoms. The Morgan fingerprint density at radius 3 is 2.65 bits per heavy atom. The van der Waals surface area contributed by atoms with Gasteiger partial charge < -0.3 is 11.1 Å². The van der Waals surface area contributed by atoms with Gasteiger partial charge >= 0.3 is 0 Å². The van der Waals surface area contributed by atoms with Gasteiger partial charge in [0.05, 0.1) is 0 Å². The summed E-state index contributed by atoms with van der Waals surface area (Å²) < 4.78 is 0. The zero-order valence-corrected chi connectivity index (χ0v) is 10.1. The highest BCUT2D eigenvalue weighted by Crippen LogP contribution is 2.23. The lowest BCUT2D eigenvalue weighted by molar-refractivity contribution is 0.0908. The predicted octanol–water partition coefficient (Wildman–Crippen LogP) is 1.93. The van der Waals surface area contributed by atoms with E-state index in [1.165, 1.54) is 12.8 Å². The van der Waals surface area contributed by atoms with Crippen molar-refractivity contribution in [2.24, 2.45) is 11.7 Å². The summed E-state index contributed by atoms with van der Waals surface area (Å²) in [7, 11) is 0. The monoisotopic (exact) mass is 232 g/mol. The molecule has 2 rings (SSSR count). The summed E-state index contributed by atoms with van der Waals surface area (Å²) in [4.78, 5) is 12.0. The average Bonchev–Trinajstić information content (AvgIpc) is 2.40. The molecule has 0 heterocycles. The van der Waals surface area contributed by atoms with E-state index in [1.807, 2.05) is 30.3 Å². The number of carbonyl (C=O) groups is 1. The van der Waals surface area contributed by atoms with Crippen molar-refractivity contribution in [3.8, 4) is 0 Å². The Balaban J connectivity index is 1.98. The number of benzene rings is 1. The largest absolute Gasteiger partial charge is 0.349 e. The maximum Gasteiger partial charge on any atom is 0.251 e. The molecule has 0 unspecified atom stereocenters. The third-order valence-corrected chi connectivity index (χ3v) is 3.56. The molecule has 1 aromatic rings. The molecule has 3 heteroatoms. The minimum absolute atomic E-state index is 0.0240. The third-order valence-electron chi connectivity index (χ3n) is 3.56. The van der Waals surface area contributed by atoms with Crippen LogP contribution in [0.3, 0.4) is 0 Å². The van der Waals surface area contributed by atoms with Crippen molar-refractivity contribution in [2.45, 2.75) is 31.7 Å². The lowest BCUT2D eigenvalue weighted by atomic mass is 9.84. The summed E-state index contributed by atoms with van der Waals surface area (Å²) in [6.45, 7) is 0.666. The summed E-state index contributed by atoms with van der Waals surface area (Å²) in [5.41, 5.74) is 6.49. The minimum Gasteiger partial charge on any atom is -0.349 e. The molecule has 1 saturated carbocycles. The molecule has 0 radical (unpaired) electrons. The quantitative estimate of drug-likeness (QED) is 0.836. The Morgan fingerprint density at radius 2 is 1.94 bits per heavy atom. The third kappa shape index (κ3) is 3.07. The van der Waals surface area contributed by atoms with Crippen LogP contribution in [0.15, 0.2) is 30.3 Å². The highest BCUT2D eigenvalue weighted by Gasteiger charge is 2.25. The van der Waals surface area contributed by atoms with Gasteiger partial charge in [-0.2, -0.15) is 0 Å². The van der Waals surface area contributed by atoms with Crippen molar-refractivity contribution in [3.05, 3.63) is 35.9 Å². The first-order valence-electron chi connectivity index (χ1n) is 6.37. The summed E-state index contributed by atoms with van der Waals surface area (Å²) in [5.74, 6) is 0.465. The topological polar surface area (TPSA) is 55.1 Å². The van der Waals surface area contributed by atoms with E-state index in [2.05, 4.69) is 5.32 Å². The lowest BCUT2D eigenvalue weighted by Gasteiger charge is -2.31. The van der Waals surface area contributed by atoms with Crippen LogP contribution in [-0.2, 0) is 0 Å². The van der Waals surface area contributed by atoms with E-state index in [0.717, 1.165) is 18.4 Å². The number of hydrogen-bond donors (Lipinski definition) is 2. The normalized spacial score (nSPS) is 24.3. The molecule has 3 nitrogen and oxygen atoms in total. The summed E-state index contributed by atoms with van der Waals surface area (Å²) in [6, 6.07) is 9.62. The zero-order chi connectivity index (χ0) is 12.1. The molecule has 3 N–H and O–H groups in total. The zero-order valence-electron chi connectivity index (χ0n) is 10.1. The second-order valence-corrected chi connectivity index (χ2v) is 4.73. The number of nitrogens with two attached hydrogens (primary N) is 1. The molecule has 0 saturated heterocycles. The van der Waals surface area contributed by atoms with Crippen LogP contribution in [0, 0.1) is 5.92 Å². The Labute approximate surface area is 102 Å². The van der Waals surface area contributed by atoms with Gasteiger partial charge in [-0.25, -0.2) is 0 Å². The van der Waals surface area contributed by atoms with Crippen LogP contribution in [0.2, 0.25) is 0 Å². The van der Waals surface area contributed by atoms with E-state index < -0.39 is 0 Å². The highest BCUT2D eigenvalue weighted by molar-refractivity contribution is 5.94. The fourth-order valence-corrected chi connectivity index (χ4v) is 2.52. The van der Waals surface area contributed by atoms with Gasteiger partial charge in [-0.05, 0) is 37.4 Å². The van der Waals surface area contributed by atoms with Gasteiger partial charge in [-0.1, -0.05) is 31.0 Å². The van der Waals surface area contributed by atoms with Gasteiger partial charge in [0.2, 0.25) is 0 Å². The molecular weight excluding hydrogens is 212 g/mol. The fraction of sp³-hybridized carbons (Fsp3) is 0.500. The van der Waals surface area contributed by atoms with Gasteiger partial charge in [0.1, 0.15) is 0 Å². The molecule has 0 aromatic heterocycles. The number of amides is 1. The molecule has 0 aliphatic heterocycles. The van der Waals surface area contributed by atoms with E-state index in [9.17, 15) is 4.79 Å². The average molecular weight is 232 g/mol. The molecule has 1 aliphatic rings. The number of nitrogens with one attached hydrogen (secondary N) is 1. The van der Waals surface area contributed by atoms with Crippen LogP contribution >= 0.6 is 0 Å². The Morgan fingerprint density at radius 1 is 1.24 bits per heavy atom. The predicted molar refractivity (Wildman–Crippen MR) is 68.7 cm³/mol. The van der Waals surface area contributed by atoms with Crippen LogP contribution in [0.5, 0.6) is 0 Å². The van der Waals surface area contributed by atoms with E-state index in [-0.39, 0.29) is 11.9 Å². The van der Waals surface area contributed by atoms with E-state index in [0.29, 0.717) is 12.5 Å². The molecule has 1 amide bonds. The van der Waals surface area contributed by atoms with Crippen molar-refractivity contribution >= 4 is 5.91 Å². The summed E-state index contributed by atoms with van der Waals surface area (Å²) >= 11 is 0. The van der Waals surface area contributed by atoms with Crippen molar-refractivity contribution in [3.63, 3.8) is 0 Å². The maximum absolute atomic E-state index is 12.0. The number of hydrogen-bond acceptors (Lipinski definition) is 2. The van der Waals surface area contributed by atoms with E-state index in [4.69, 9.17) is 5.73 Å². The van der Waals surface area contributed by atoms with Crippen LogP contribution < -0.4 is 11.1 Å². The van der Waals surface area contributed by atoms with Gasteiger partial charge in [0.25, 0.3) is 5.91 Å². The maximum atomic E-state index is 12.0. The fourth-order valence-electron chi connectivity index (χ4n) is 2.52. The van der Waals surface area contributed by atoms with E-state index in [1.54, 1.807) is 0 Å². The van der Waals surface area contributed by atoms with Gasteiger partial charge in [-0.15, -0.1) is 0 Å². The Bertz CT molecular complexity index is 364.